The van der Waals surface area contributed by atoms with Crippen molar-refractivity contribution < 1.29 is 14.3 Å². The third kappa shape index (κ3) is 9.56. The minimum Gasteiger partial charge on any atom is -0.494 e. The van der Waals surface area contributed by atoms with Gasteiger partial charge in [0.25, 0.3) is 0 Å². The van der Waals surface area contributed by atoms with Crippen LogP contribution in [0.3, 0.4) is 0 Å². The lowest BCUT2D eigenvalue weighted by molar-refractivity contribution is -0.140. The summed E-state index contributed by atoms with van der Waals surface area (Å²) in [5.41, 5.74) is 0.242. The molecule has 0 heterocycles. The van der Waals surface area contributed by atoms with E-state index in [2.05, 4.69) is 24.8 Å². The van der Waals surface area contributed by atoms with E-state index in [-0.39, 0.29) is 28.9 Å². The number of nitrogens with zero attached hydrogens (tertiary/aromatic N) is 2. The second-order valence-corrected chi connectivity index (χ2v) is 11.9. The zero-order valence-electron chi connectivity index (χ0n) is 24.5. The van der Waals surface area contributed by atoms with E-state index in [0.29, 0.717) is 12.4 Å². The Labute approximate surface area is 237 Å². The second kappa shape index (κ2) is 17.2. The van der Waals surface area contributed by atoms with Crippen molar-refractivity contribution in [2.24, 2.45) is 23.7 Å². The molecule has 0 unspecified atom stereocenters. The first-order chi connectivity index (χ1) is 19.1. The highest BCUT2D eigenvalue weighted by Crippen LogP contribution is 2.43. The molecule has 0 atom stereocenters. The number of carbonyl (C=O) groups is 1. The Bertz CT molecular complexity index is 960. The number of ether oxygens (including phenoxy) is 2. The first kappa shape index (κ1) is 31.0. The molecule has 1 aromatic carbocycles. The van der Waals surface area contributed by atoms with Gasteiger partial charge in [-0.2, -0.15) is 5.26 Å². The first-order valence-corrected chi connectivity index (χ1v) is 15.9. The van der Waals surface area contributed by atoms with Crippen LogP contribution >= 0.6 is 0 Å². The van der Waals surface area contributed by atoms with E-state index in [4.69, 9.17) is 16.0 Å². The molecule has 3 rings (SSSR count). The maximum absolute atomic E-state index is 13.1. The largest absolute Gasteiger partial charge is 0.494 e. The number of hydrogen-bond acceptors (Lipinski definition) is 4. The molecule has 0 bridgehead atoms. The fourth-order valence-electron chi connectivity index (χ4n) is 6.69. The highest BCUT2D eigenvalue weighted by molar-refractivity contribution is 5.80. The summed E-state index contributed by atoms with van der Waals surface area (Å²) in [6.45, 7) is 12.6. The molecule has 2 aliphatic rings. The summed E-state index contributed by atoms with van der Waals surface area (Å²) in [4.78, 5) is 16.6. The zero-order chi connectivity index (χ0) is 27.9. The van der Waals surface area contributed by atoms with Crippen molar-refractivity contribution in [3.05, 3.63) is 29.1 Å². The molecule has 39 heavy (non-hydrogen) atoms. The van der Waals surface area contributed by atoms with Crippen molar-refractivity contribution in [1.82, 2.24) is 0 Å². The van der Waals surface area contributed by atoms with E-state index in [9.17, 15) is 10.1 Å². The Balaban J connectivity index is 1.46. The lowest BCUT2D eigenvalue weighted by Crippen LogP contribution is -2.30. The number of rotatable bonds is 15. The summed E-state index contributed by atoms with van der Waals surface area (Å²) in [6, 6.07) is 5.39. The fourth-order valence-corrected chi connectivity index (χ4v) is 6.69. The monoisotopic (exact) mass is 534 g/mol. The lowest BCUT2D eigenvalue weighted by Gasteiger charge is -2.37. The minimum atomic E-state index is -0.261. The van der Waals surface area contributed by atoms with Crippen LogP contribution in [0.15, 0.2) is 12.1 Å². The van der Waals surface area contributed by atoms with Crippen LogP contribution in [0.1, 0.15) is 135 Å². The summed E-state index contributed by atoms with van der Waals surface area (Å²) < 4.78 is 11.6. The van der Waals surface area contributed by atoms with Gasteiger partial charge < -0.3 is 9.47 Å². The smallest absolute Gasteiger partial charge is 0.313 e. The number of esters is 1. The highest BCUT2D eigenvalue weighted by atomic mass is 16.5. The normalized spacial score (nSPS) is 23.0. The summed E-state index contributed by atoms with van der Waals surface area (Å²) in [5, 5.41) is 9.75. The van der Waals surface area contributed by atoms with Gasteiger partial charge in [-0.05, 0) is 74.8 Å². The summed E-state index contributed by atoms with van der Waals surface area (Å²) >= 11 is 0. The van der Waals surface area contributed by atoms with Gasteiger partial charge in [0.2, 0.25) is 5.69 Å². The minimum absolute atomic E-state index is 0.0793. The number of nitriles is 1. The highest BCUT2D eigenvalue weighted by Gasteiger charge is 2.34. The van der Waals surface area contributed by atoms with E-state index in [1.54, 1.807) is 12.1 Å². The van der Waals surface area contributed by atoms with E-state index >= 15 is 0 Å². The molecule has 2 fully saturated rings. The van der Waals surface area contributed by atoms with Gasteiger partial charge in [-0.15, -0.1) is 0 Å². The maximum Gasteiger partial charge on any atom is 0.313 e. The second-order valence-electron chi connectivity index (χ2n) is 11.9. The molecular weight excluding hydrogens is 484 g/mol. The molecule has 2 saturated carbocycles. The zero-order valence-corrected chi connectivity index (χ0v) is 24.5. The molecule has 0 aromatic heterocycles. The van der Waals surface area contributed by atoms with Gasteiger partial charge in [-0.1, -0.05) is 84.5 Å². The molecule has 0 saturated heterocycles. The quantitative estimate of drug-likeness (QED) is 0.0972. The maximum atomic E-state index is 13.1. The predicted octanol–water partition coefficient (Wildman–Crippen LogP) is 9.95. The molecule has 5 nitrogen and oxygen atoms in total. The Morgan fingerprint density at radius 3 is 2.10 bits per heavy atom. The van der Waals surface area contributed by atoms with Crippen molar-refractivity contribution in [1.29, 1.82) is 5.26 Å². The number of hydrogen-bond donors (Lipinski definition) is 0. The Morgan fingerprint density at radius 1 is 0.872 bits per heavy atom. The van der Waals surface area contributed by atoms with Crippen LogP contribution in [0.5, 0.6) is 11.5 Å². The van der Waals surface area contributed by atoms with Crippen molar-refractivity contribution in [2.45, 2.75) is 129 Å². The first-order valence-electron chi connectivity index (χ1n) is 15.9. The van der Waals surface area contributed by atoms with Crippen LogP contribution in [-0.4, -0.2) is 12.6 Å². The lowest BCUT2D eigenvalue weighted by atomic mass is 9.68. The van der Waals surface area contributed by atoms with Crippen LogP contribution in [0, 0.1) is 41.6 Å². The fraction of sp³-hybridized carbons (Fsp3) is 0.735. The van der Waals surface area contributed by atoms with Gasteiger partial charge in [0, 0.05) is 0 Å². The molecule has 0 spiro atoms. The van der Waals surface area contributed by atoms with Gasteiger partial charge in [0.05, 0.1) is 25.2 Å². The van der Waals surface area contributed by atoms with Gasteiger partial charge in [-0.25, -0.2) is 4.85 Å². The van der Waals surface area contributed by atoms with E-state index in [0.717, 1.165) is 56.3 Å². The van der Waals surface area contributed by atoms with E-state index in [1.807, 2.05) is 0 Å². The average molecular weight is 535 g/mol. The number of carbonyl (C=O) groups excluding carboxylic acids is 1. The predicted molar refractivity (Wildman–Crippen MR) is 157 cm³/mol. The van der Waals surface area contributed by atoms with Crippen molar-refractivity contribution in [2.75, 3.05) is 6.61 Å². The molecule has 1 aromatic rings. The molecular formula is C34H50N2O3. The Kier molecular flexibility index (Phi) is 13.7. The van der Waals surface area contributed by atoms with Crippen molar-refractivity contribution >= 4 is 11.7 Å². The molecule has 0 aliphatic heterocycles. The number of benzene rings is 1. The number of unbranched alkanes of at least 4 members (excludes halogenated alkanes) is 7. The van der Waals surface area contributed by atoms with Gasteiger partial charge in [0.1, 0.15) is 17.1 Å². The molecule has 5 heteroatoms. The molecule has 0 N–H and O–H groups in total. The molecule has 0 amide bonds. The SMILES string of the molecule is [C-]#[N+]c1c(OC(=O)C2CCC(C3CCC(CCCCC)CC3)CC2)ccc(OCCCCCCCC)c1C#N. The Hall–Kier alpha value is -2.53. The van der Waals surface area contributed by atoms with Gasteiger partial charge in [0.15, 0.2) is 0 Å². The average Bonchev–Trinajstić information content (AvgIpc) is 2.97. The van der Waals surface area contributed by atoms with Crippen LogP contribution in [0.25, 0.3) is 4.85 Å². The standard InChI is InChI=1S/C34H50N2O3/c1-4-6-8-9-10-12-24-38-31-22-23-32(33(36-3)30(31)25-35)39-34(37)29-20-18-28(19-21-29)27-16-14-26(15-17-27)13-11-7-5-2/h22-23,26-29H,4-21,24H2,1-2H3. The van der Waals surface area contributed by atoms with Crippen molar-refractivity contribution in [3.63, 3.8) is 0 Å². The molecule has 214 valence electrons. The van der Waals surface area contributed by atoms with Crippen LogP contribution in [0.2, 0.25) is 0 Å². The third-order valence-corrected chi connectivity index (χ3v) is 9.17. The topological polar surface area (TPSA) is 63.7 Å². The van der Waals surface area contributed by atoms with E-state index < -0.39 is 0 Å². The third-order valence-electron chi connectivity index (χ3n) is 9.17. The molecule has 2 aliphatic carbocycles. The van der Waals surface area contributed by atoms with Crippen LogP contribution < -0.4 is 9.47 Å². The van der Waals surface area contributed by atoms with Crippen molar-refractivity contribution in [3.8, 4) is 17.6 Å². The summed E-state index contributed by atoms with van der Waals surface area (Å²) in [6.07, 6.45) is 21.8. The van der Waals surface area contributed by atoms with Gasteiger partial charge in [-0.3, -0.25) is 4.79 Å². The summed E-state index contributed by atoms with van der Waals surface area (Å²) in [5.74, 6) is 2.68. The molecule has 0 radical (unpaired) electrons. The Morgan fingerprint density at radius 2 is 1.46 bits per heavy atom. The van der Waals surface area contributed by atoms with Crippen LogP contribution in [-0.2, 0) is 4.79 Å². The summed E-state index contributed by atoms with van der Waals surface area (Å²) in [7, 11) is 0. The van der Waals surface area contributed by atoms with Crippen LogP contribution in [0.4, 0.5) is 5.69 Å². The van der Waals surface area contributed by atoms with Gasteiger partial charge >= 0.3 is 5.97 Å². The van der Waals surface area contributed by atoms with E-state index in [1.165, 1.54) is 77.0 Å².